The van der Waals surface area contributed by atoms with Crippen LogP contribution < -0.4 is 0 Å². The molecule has 0 aliphatic carbocycles. The van der Waals surface area contributed by atoms with Crippen molar-refractivity contribution >= 4 is 59.0 Å². The van der Waals surface area contributed by atoms with Crippen LogP contribution in [0.3, 0.4) is 0 Å². The van der Waals surface area contributed by atoms with Crippen molar-refractivity contribution in [1.82, 2.24) is 0 Å². The molecular weight excluding hydrogens is 376 g/mol. The van der Waals surface area contributed by atoms with E-state index in [2.05, 4.69) is 73.3 Å². The minimum absolute atomic E-state index is 0.329. The van der Waals surface area contributed by atoms with Crippen LogP contribution in [0.2, 0.25) is 0 Å². The zero-order chi connectivity index (χ0) is 20.0. The summed E-state index contributed by atoms with van der Waals surface area (Å²) >= 11 is 1.84. The number of fused-ring (bicyclic) bond motifs is 7. The first-order chi connectivity index (χ1) is 14.1. The van der Waals surface area contributed by atoms with E-state index in [1.807, 2.05) is 11.3 Å². The lowest BCUT2D eigenvalue weighted by molar-refractivity contribution is -0.138. The molecular formula is C26H20O2S. The summed E-state index contributed by atoms with van der Waals surface area (Å²) in [4.78, 5) is 11.8. The number of carbonyl (C=O) groups is 1. The monoisotopic (exact) mass is 396 g/mol. The average molecular weight is 397 g/mol. The van der Waals surface area contributed by atoms with Gasteiger partial charge in [-0.15, -0.1) is 11.3 Å². The first kappa shape index (κ1) is 17.9. The smallest absolute Gasteiger partial charge is 0.333 e. The van der Waals surface area contributed by atoms with E-state index in [0.29, 0.717) is 18.6 Å². The highest BCUT2D eigenvalue weighted by Gasteiger charge is 2.15. The Morgan fingerprint density at radius 2 is 1.62 bits per heavy atom. The minimum atomic E-state index is -0.329. The zero-order valence-corrected chi connectivity index (χ0v) is 17.0. The number of hydrogen-bond acceptors (Lipinski definition) is 3. The average Bonchev–Trinajstić information content (AvgIpc) is 3.14. The van der Waals surface area contributed by atoms with Crippen LogP contribution in [0, 0.1) is 0 Å². The quantitative estimate of drug-likeness (QED) is 0.241. The van der Waals surface area contributed by atoms with Gasteiger partial charge in [-0.3, -0.25) is 0 Å². The second-order valence-corrected chi connectivity index (χ2v) is 8.41. The summed E-state index contributed by atoms with van der Waals surface area (Å²) in [5.74, 6) is -0.329. The van der Waals surface area contributed by atoms with Crippen LogP contribution in [0.1, 0.15) is 12.5 Å². The molecule has 2 nitrogen and oxygen atoms in total. The molecule has 0 radical (unpaired) electrons. The summed E-state index contributed by atoms with van der Waals surface area (Å²) in [7, 11) is 0. The third kappa shape index (κ3) is 2.99. The molecule has 1 heterocycles. The van der Waals surface area contributed by atoms with Crippen molar-refractivity contribution in [1.29, 1.82) is 0 Å². The molecule has 1 aromatic heterocycles. The molecule has 5 aromatic rings. The van der Waals surface area contributed by atoms with Crippen LogP contribution in [-0.2, 0) is 16.0 Å². The second kappa shape index (κ2) is 7.02. The van der Waals surface area contributed by atoms with E-state index in [-0.39, 0.29) is 5.97 Å². The summed E-state index contributed by atoms with van der Waals surface area (Å²) in [6.45, 7) is 5.69. The normalized spacial score (nSPS) is 11.5. The van der Waals surface area contributed by atoms with E-state index in [1.165, 1.54) is 47.3 Å². The zero-order valence-electron chi connectivity index (χ0n) is 16.2. The Kier molecular flexibility index (Phi) is 4.33. The SMILES string of the molecule is C=C(C)C(=O)OCCc1cc2ccccc2c2c1sc1c3ccccc3ccc12. The number of carbonyl (C=O) groups excluding carboxylic acids is 1. The molecule has 4 aromatic carbocycles. The minimum Gasteiger partial charge on any atom is -0.462 e. The lowest BCUT2D eigenvalue weighted by atomic mass is 9.98. The Hall–Kier alpha value is -3.17. The molecule has 0 atom stereocenters. The van der Waals surface area contributed by atoms with E-state index in [9.17, 15) is 4.79 Å². The summed E-state index contributed by atoms with van der Waals surface area (Å²) in [6.07, 6.45) is 0.686. The number of hydrogen-bond donors (Lipinski definition) is 0. The van der Waals surface area contributed by atoms with Crippen LogP contribution in [0.15, 0.2) is 78.9 Å². The molecule has 0 aliphatic rings. The highest BCUT2D eigenvalue weighted by atomic mass is 32.1. The van der Waals surface area contributed by atoms with Crippen molar-refractivity contribution in [2.75, 3.05) is 6.61 Å². The fourth-order valence-electron chi connectivity index (χ4n) is 3.99. The molecule has 0 N–H and O–H groups in total. The summed E-state index contributed by atoms with van der Waals surface area (Å²) < 4.78 is 7.97. The lowest BCUT2D eigenvalue weighted by Gasteiger charge is -2.08. The maximum absolute atomic E-state index is 11.8. The Balaban J connectivity index is 1.74. The van der Waals surface area contributed by atoms with Gasteiger partial charge in [0.05, 0.1) is 6.61 Å². The van der Waals surface area contributed by atoms with Gasteiger partial charge in [-0.1, -0.05) is 67.2 Å². The number of benzene rings is 4. The molecule has 29 heavy (non-hydrogen) atoms. The highest BCUT2D eigenvalue weighted by molar-refractivity contribution is 7.27. The fraction of sp³-hybridized carbons (Fsp3) is 0.115. The fourth-order valence-corrected chi connectivity index (χ4v) is 5.38. The standard InChI is InChI=1S/C26H20O2S/c1-16(2)26(27)28-14-13-19-15-18-8-4-5-9-20(18)23-22-12-11-17-7-3-6-10-21(17)25(22)29-24(19)23/h3-12,15H,1,13-14H2,2H3. The second-order valence-electron chi connectivity index (χ2n) is 7.39. The Morgan fingerprint density at radius 1 is 0.897 bits per heavy atom. The van der Waals surface area contributed by atoms with Crippen LogP contribution in [0.5, 0.6) is 0 Å². The predicted molar refractivity (Wildman–Crippen MR) is 124 cm³/mol. The van der Waals surface area contributed by atoms with E-state index in [0.717, 1.165) is 0 Å². The van der Waals surface area contributed by atoms with E-state index in [4.69, 9.17) is 4.74 Å². The maximum atomic E-state index is 11.8. The van der Waals surface area contributed by atoms with Gasteiger partial charge in [-0.25, -0.2) is 4.79 Å². The number of ether oxygens (including phenoxy) is 1. The first-order valence-corrected chi connectivity index (χ1v) is 10.5. The van der Waals surface area contributed by atoms with Gasteiger partial charge in [-0.05, 0) is 40.1 Å². The van der Waals surface area contributed by atoms with Crippen molar-refractivity contribution in [3.8, 4) is 0 Å². The number of esters is 1. The largest absolute Gasteiger partial charge is 0.462 e. The van der Waals surface area contributed by atoms with Crippen molar-refractivity contribution in [3.63, 3.8) is 0 Å². The van der Waals surface area contributed by atoms with Gasteiger partial charge in [0.25, 0.3) is 0 Å². The van der Waals surface area contributed by atoms with Gasteiger partial charge in [0.15, 0.2) is 0 Å². The van der Waals surface area contributed by atoms with Crippen LogP contribution in [0.4, 0.5) is 0 Å². The third-order valence-corrected chi connectivity index (χ3v) is 6.70. The van der Waals surface area contributed by atoms with Gasteiger partial charge in [-0.2, -0.15) is 0 Å². The van der Waals surface area contributed by atoms with Crippen molar-refractivity contribution in [2.45, 2.75) is 13.3 Å². The molecule has 0 saturated carbocycles. The van der Waals surface area contributed by atoms with Crippen molar-refractivity contribution < 1.29 is 9.53 Å². The molecule has 142 valence electrons. The molecule has 0 amide bonds. The molecule has 0 bridgehead atoms. The van der Waals surface area contributed by atoms with Gasteiger partial charge in [0.1, 0.15) is 0 Å². The third-order valence-electron chi connectivity index (χ3n) is 5.38. The molecule has 3 heteroatoms. The van der Waals surface area contributed by atoms with E-state index >= 15 is 0 Å². The van der Waals surface area contributed by atoms with Gasteiger partial charge >= 0.3 is 5.97 Å². The van der Waals surface area contributed by atoms with Crippen LogP contribution in [-0.4, -0.2) is 12.6 Å². The van der Waals surface area contributed by atoms with E-state index in [1.54, 1.807) is 6.92 Å². The number of thiophene rings is 1. The Labute approximate surface area is 173 Å². The van der Waals surface area contributed by atoms with Gasteiger partial charge < -0.3 is 4.74 Å². The summed E-state index contributed by atoms with van der Waals surface area (Å²) in [5, 5.41) is 7.62. The lowest BCUT2D eigenvalue weighted by Crippen LogP contribution is -2.08. The number of rotatable bonds is 4. The summed E-state index contributed by atoms with van der Waals surface area (Å²) in [6, 6.07) is 23.8. The molecule has 0 spiro atoms. The molecule has 0 unspecified atom stereocenters. The Morgan fingerprint density at radius 3 is 2.41 bits per heavy atom. The van der Waals surface area contributed by atoms with Crippen LogP contribution >= 0.6 is 11.3 Å². The van der Waals surface area contributed by atoms with Crippen molar-refractivity contribution in [3.05, 3.63) is 84.4 Å². The first-order valence-electron chi connectivity index (χ1n) is 9.71. The molecule has 0 aliphatic heterocycles. The van der Waals surface area contributed by atoms with Gasteiger partial charge in [0, 0.05) is 32.2 Å². The highest BCUT2D eigenvalue weighted by Crippen LogP contribution is 2.43. The van der Waals surface area contributed by atoms with Crippen molar-refractivity contribution in [2.24, 2.45) is 0 Å². The van der Waals surface area contributed by atoms with Gasteiger partial charge in [0.2, 0.25) is 0 Å². The Bertz CT molecular complexity index is 1420. The molecule has 0 fully saturated rings. The topological polar surface area (TPSA) is 26.3 Å². The van der Waals surface area contributed by atoms with E-state index < -0.39 is 0 Å². The van der Waals surface area contributed by atoms with Crippen LogP contribution in [0.25, 0.3) is 41.7 Å². The summed E-state index contributed by atoms with van der Waals surface area (Å²) in [5.41, 5.74) is 1.65. The predicted octanol–water partition coefficient (Wildman–Crippen LogP) is 7.02. The molecule has 0 saturated heterocycles. The molecule has 5 rings (SSSR count). The maximum Gasteiger partial charge on any atom is 0.333 e.